The summed E-state index contributed by atoms with van der Waals surface area (Å²) in [4.78, 5) is 0. The quantitative estimate of drug-likeness (QED) is 0.864. The largest absolute Gasteiger partial charge is 0.326 e. The van der Waals surface area contributed by atoms with Crippen LogP contribution >= 0.6 is 0 Å². The number of hydrogen-bond donors (Lipinski definition) is 1. The zero-order chi connectivity index (χ0) is 13.1. The molecule has 2 N–H and O–H groups in total. The van der Waals surface area contributed by atoms with Gasteiger partial charge in [-0.1, -0.05) is 24.3 Å². The van der Waals surface area contributed by atoms with Gasteiger partial charge in [0.1, 0.15) is 0 Å². The molecule has 0 saturated heterocycles. The molecule has 1 aromatic carbocycles. The molecule has 0 fully saturated rings. The highest BCUT2D eigenvalue weighted by atomic mass is 32.2. The lowest BCUT2D eigenvalue weighted by atomic mass is 10.1. The Bertz CT molecular complexity index is 469. The molecular formula is C12H20N2O2S. The normalized spacial score (nSPS) is 12.4. The summed E-state index contributed by atoms with van der Waals surface area (Å²) >= 11 is 0. The van der Waals surface area contributed by atoms with E-state index in [2.05, 4.69) is 0 Å². The van der Waals surface area contributed by atoms with E-state index in [1.807, 2.05) is 24.3 Å². The van der Waals surface area contributed by atoms with Crippen LogP contribution in [0.3, 0.4) is 0 Å². The van der Waals surface area contributed by atoms with E-state index in [-0.39, 0.29) is 0 Å². The lowest BCUT2D eigenvalue weighted by Crippen LogP contribution is -2.32. The fourth-order valence-corrected chi connectivity index (χ4v) is 2.61. The third-order valence-electron chi connectivity index (χ3n) is 2.66. The Labute approximate surface area is 103 Å². The number of nitrogens with two attached hydrogens (primary N) is 1. The van der Waals surface area contributed by atoms with Gasteiger partial charge in [-0.25, -0.2) is 12.7 Å². The highest BCUT2D eigenvalue weighted by molar-refractivity contribution is 7.89. The maximum atomic E-state index is 11.9. The smallest absolute Gasteiger partial charge is 0.216 e. The number of sulfonamides is 1. The number of nitrogens with zero attached hydrogens (tertiary/aromatic N) is 1. The minimum absolute atomic E-state index is 0.383. The van der Waals surface area contributed by atoms with E-state index in [9.17, 15) is 8.42 Å². The second-order valence-electron chi connectivity index (χ2n) is 4.37. The Morgan fingerprint density at radius 2 is 1.88 bits per heavy atom. The van der Waals surface area contributed by atoms with Crippen LogP contribution in [-0.2, 0) is 23.1 Å². The van der Waals surface area contributed by atoms with Crippen molar-refractivity contribution in [2.45, 2.75) is 32.2 Å². The van der Waals surface area contributed by atoms with E-state index in [0.717, 1.165) is 11.1 Å². The van der Waals surface area contributed by atoms with Gasteiger partial charge in [-0.15, -0.1) is 0 Å². The molecule has 1 aromatic rings. The first-order valence-corrected chi connectivity index (χ1v) is 7.11. The van der Waals surface area contributed by atoms with Crippen molar-refractivity contribution in [3.63, 3.8) is 0 Å². The molecule has 0 bridgehead atoms. The first-order chi connectivity index (χ1) is 7.87. The summed E-state index contributed by atoms with van der Waals surface area (Å²) in [5.74, 6) is 0. The van der Waals surface area contributed by atoms with Gasteiger partial charge in [-0.2, -0.15) is 0 Å². The Balaban J connectivity index is 2.84. The fourth-order valence-electron chi connectivity index (χ4n) is 1.56. The summed E-state index contributed by atoms with van der Waals surface area (Å²) in [7, 11) is -1.59. The van der Waals surface area contributed by atoms with E-state index in [1.165, 1.54) is 4.31 Å². The maximum Gasteiger partial charge on any atom is 0.216 e. The van der Waals surface area contributed by atoms with Gasteiger partial charge in [-0.3, -0.25) is 0 Å². The Morgan fingerprint density at radius 1 is 1.29 bits per heavy atom. The first-order valence-electron chi connectivity index (χ1n) is 5.61. The second kappa shape index (κ2) is 5.62. The summed E-state index contributed by atoms with van der Waals surface area (Å²) in [6.07, 6.45) is 0. The molecule has 0 atom stereocenters. The van der Waals surface area contributed by atoms with Crippen molar-refractivity contribution < 1.29 is 8.42 Å². The lowest BCUT2D eigenvalue weighted by molar-refractivity contribution is 0.459. The van der Waals surface area contributed by atoms with Crippen LogP contribution in [0.2, 0.25) is 0 Å². The summed E-state index contributed by atoms with van der Waals surface area (Å²) in [6.45, 7) is 4.22. The zero-order valence-electron chi connectivity index (χ0n) is 10.6. The van der Waals surface area contributed by atoms with Crippen molar-refractivity contribution >= 4 is 10.0 Å². The SMILES string of the molecule is CC(C)S(=O)(=O)N(C)Cc1cccc(CN)c1. The van der Waals surface area contributed by atoms with Crippen LogP contribution in [-0.4, -0.2) is 25.0 Å². The molecule has 0 radical (unpaired) electrons. The molecule has 0 heterocycles. The number of benzene rings is 1. The van der Waals surface area contributed by atoms with Gasteiger partial charge in [0.15, 0.2) is 0 Å². The fraction of sp³-hybridized carbons (Fsp3) is 0.500. The first kappa shape index (κ1) is 14.2. The van der Waals surface area contributed by atoms with E-state index >= 15 is 0 Å². The van der Waals surface area contributed by atoms with Crippen molar-refractivity contribution in [1.82, 2.24) is 4.31 Å². The van der Waals surface area contributed by atoms with Crippen LogP contribution in [0, 0.1) is 0 Å². The van der Waals surface area contributed by atoms with Crippen LogP contribution in [0.5, 0.6) is 0 Å². The van der Waals surface area contributed by atoms with Gasteiger partial charge in [0.05, 0.1) is 5.25 Å². The van der Waals surface area contributed by atoms with Crippen LogP contribution in [0.15, 0.2) is 24.3 Å². The van der Waals surface area contributed by atoms with Gasteiger partial charge in [0.25, 0.3) is 0 Å². The Morgan fingerprint density at radius 3 is 2.41 bits per heavy atom. The Kier molecular flexibility index (Phi) is 4.68. The molecule has 0 aliphatic rings. The standard InChI is InChI=1S/C12H20N2O2S/c1-10(2)17(15,16)14(3)9-12-6-4-5-11(7-12)8-13/h4-7,10H,8-9,13H2,1-3H3. The van der Waals surface area contributed by atoms with Gasteiger partial charge >= 0.3 is 0 Å². The molecule has 0 aliphatic heterocycles. The number of rotatable bonds is 5. The average Bonchev–Trinajstić information content (AvgIpc) is 2.29. The number of hydrogen-bond acceptors (Lipinski definition) is 3. The summed E-state index contributed by atoms with van der Waals surface area (Å²) < 4.78 is 25.2. The van der Waals surface area contributed by atoms with Gasteiger partial charge < -0.3 is 5.73 Å². The van der Waals surface area contributed by atoms with Crippen molar-refractivity contribution in [3.05, 3.63) is 35.4 Å². The van der Waals surface area contributed by atoms with E-state index in [0.29, 0.717) is 13.1 Å². The minimum Gasteiger partial charge on any atom is -0.326 e. The summed E-state index contributed by atoms with van der Waals surface area (Å²) in [6, 6.07) is 7.67. The molecule has 0 unspecified atom stereocenters. The third-order valence-corrected chi connectivity index (χ3v) is 4.85. The molecule has 1 rings (SSSR count). The average molecular weight is 256 g/mol. The van der Waals surface area contributed by atoms with Crippen molar-refractivity contribution in [2.24, 2.45) is 5.73 Å². The molecule has 0 spiro atoms. The lowest BCUT2D eigenvalue weighted by Gasteiger charge is -2.19. The van der Waals surface area contributed by atoms with Gasteiger partial charge in [-0.05, 0) is 25.0 Å². The molecule has 5 heteroatoms. The Hall–Kier alpha value is -0.910. The monoisotopic (exact) mass is 256 g/mol. The molecule has 0 saturated carbocycles. The maximum absolute atomic E-state index is 11.9. The minimum atomic E-state index is -3.19. The van der Waals surface area contributed by atoms with E-state index in [1.54, 1.807) is 20.9 Å². The summed E-state index contributed by atoms with van der Waals surface area (Å²) in [5.41, 5.74) is 7.52. The third kappa shape index (κ3) is 3.52. The van der Waals surface area contributed by atoms with E-state index < -0.39 is 15.3 Å². The summed E-state index contributed by atoms with van der Waals surface area (Å²) in [5, 5.41) is -0.398. The zero-order valence-corrected chi connectivity index (χ0v) is 11.4. The van der Waals surface area contributed by atoms with Crippen LogP contribution in [0.25, 0.3) is 0 Å². The molecular weight excluding hydrogens is 236 g/mol. The van der Waals surface area contributed by atoms with E-state index in [4.69, 9.17) is 5.73 Å². The van der Waals surface area contributed by atoms with Crippen molar-refractivity contribution in [2.75, 3.05) is 7.05 Å². The second-order valence-corrected chi connectivity index (χ2v) is 6.97. The predicted octanol–water partition coefficient (Wildman–Crippen LogP) is 1.32. The molecule has 0 amide bonds. The molecule has 4 nitrogen and oxygen atoms in total. The van der Waals surface area contributed by atoms with Crippen molar-refractivity contribution in [1.29, 1.82) is 0 Å². The van der Waals surface area contributed by atoms with Gasteiger partial charge in [0.2, 0.25) is 10.0 Å². The van der Waals surface area contributed by atoms with Crippen LogP contribution in [0.4, 0.5) is 0 Å². The molecule has 0 aromatic heterocycles. The predicted molar refractivity (Wildman–Crippen MR) is 69.9 cm³/mol. The molecule has 17 heavy (non-hydrogen) atoms. The van der Waals surface area contributed by atoms with Crippen LogP contribution < -0.4 is 5.73 Å². The van der Waals surface area contributed by atoms with Crippen LogP contribution in [0.1, 0.15) is 25.0 Å². The highest BCUT2D eigenvalue weighted by Crippen LogP contribution is 2.12. The molecule has 96 valence electrons. The van der Waals surface area contributed by atoms with Crippen molar-refractivity contribution in [3.8, 4) is 0 Å². The topological polar surface area (TPSA) is 63.4 Å². The van der Waals surface area contributed by atoms with Gasteiger partial charge in [0, 0.05) is 20.1 Å². The highest BCUT2D eigenvalue weighted by Gasteiger charge is 2.21. The molecule has 0 aliphatic carbocycles.